The van der Waals surface area contributed by atoms with Crippen molar-refractivity contribution in [1.82, 2.24) is 9.03 Å². The van der Waals surface area contributed by atoms with Gasteiger partial charge in [0.25, 0.3) is 0 Å². The summed E-state index contributed by atoms with van der Waals surface area (Å²) in [6.45, 7) is 2.26. The van der Waals surface area contributed by atoms with Gasteiger partial charge >= 0.3 is 16.3 Å². The first-order valence-corrected chi connectivity index (χ1v) is 6.54. The lowest BCUT2D eigenvalue weighted by atomic mass is 10.2. The Bertz CT molecular complexity index is 371. The number of carbonyl (C=O) groups is 1. The third-order valence-corrected chi connectivity index (χ3v) is 3.97. The monoisotopic (exact) mass is 267 g/mol. The summed E-state index contributed by atoms with van der Waals surface area (Å²) >= 11 is 0. The van der Waals surface area contributed by atoms with Crippen molar-refractivity contribution in [3.8, 4) is 0 Å². The van der Waals surface area contributed by atoms with Crippen LogP contribution in [0, 0.1) is 0 Å². The van der Waals surface area contributed by atoms with E-state index in [0.717, 1.165) is 11.4 Å². The molecule has 1 aliphatic rings. The van der Waals surface area contributed by atoms with Crippen molar-refractivity contribution in [1.29, 1.82) is 0 Å². The van der Waals surface area contributed by atoms with Crippen molar-refractivity contribution < 1.29 is 22.7 Å². The lowest BCUT2D eigenvalue weighted by molar-refractivity contribution is -0.0223. The highest BCUT2D eigenvalue weighted by atomic mass is 32.2. The van der Waals surface area contributed by atoms with E-state index in [9.17, 15) is 13.2 Å². The first-order chi connectivity index (χ1) is 7.90. The number of rotatable bonds is 3. The van der Waals surface area contributed by atoms with Crippen molar-refractivity contribution in [3.05, 3.63) is 0 Å². The molecule has 2 unspecified atom stereocenters. The van der Waals surface area contributed by atoms with E-state index < -0.39 is 16.3 Å². The highest BCUT2D eigenvalue weighted by Gasteiger charge is 2.35. The summed E-state index contributed by atoms with van der Waals surface area (Å²) < 4.78 is 36.2. The van der Waals surface area contributed by atoms with Crippen molar-refractivity contribution in [2.75, 3.05) is 26.8 Å². The topological polar surface area (TPSA) is 111 Å². The smallest absolute Gasteiger partial charge is 0.421 e. The second-order valence-electron chi connectivity index (χ2n) is 3.71. The molecule has 1 saturated heterocycles. The number of nitrogens with zero attached hydrogens (tertiary/aromatic N) is 1. The Labute approximate surface area is 100 Å². The number of nitrogens with two attached hydrogens (primary N) is 1. The molecule has 8 nitrogen and oxygen atoms in total. The molecule has 1 rings (SSSR count). The molecule has 0 spiro atoms. The van der Waals surface area contributed by atoms with Crippen LogP contribution in [0.15, 0.2) is 0 Å². The van der Waals surface area contributed by atoms with Crippen molar-refractivity contribution >= 4 is 16.3 Å². The van der Waals surface area contributed by atoms with Crippen LogP contribution in [-0.4, -0.2) is 57.8 Å². The third kappa shape index (κ3) is 3.53. The van der Waals surface area contributed by atoms with Gasteiger partial charge in [0, 0.05) is 19.1 Å². The Morgan fingerprint density at radius 2 is 2.29 bits per heavy atom. The van der Waals surface area contributed by atoms with Crippen molar-refractivity contribution in [3.63, 3.8) is 0 Å². The second kappa shape index (κ2) is 5.63. The van der Waals surface area contributed by atoms with E-state index in [0.29, 0.717) is 0 Å². The zero-order valence-electron chi connectivity index (χ0n) is 9.75. The van der Waals surface area contributed by atoms with Gasteiger partial charge in [0.2, 0.25) is 0 Å². The summed E-state index contributed by atoms with van der Waals surface area (Å²) in [6.07, 6.45) is -1.38. The lowest BCUT2D eigenvalue weighted by Gasteiger charge is -2.36. The van der Waals surface area contributed by atoms with Crippen LogP contribution in [0.5, 0.6) is 0 Å². The number of nitrogens with one attached hydrogen (secondary N) is 1. The molecule has 0 aliphatic carbocycles. The molecule has 0 aromatic carbocycles. The van der Waals surface area contributed by atoms with Crippen LogP contribution in [-0.2, 0) is 19.7 Å². The van der Waals surface area contributed by atoms with Gasteiger partial charge in [-0.1, -0.05) is 0 Å². The number of hydrogen-bond acceptors (Lipinski definition) is 6. The number of amides is 1. The molecule has 9 heteroatoms. The van der Waals surface area contributed by atoms with Crippen molar-refractivity contribution in [2.24, 2.45) is 5.73 Å². The average Bonchev–Trinajstić information content (AvgIpc) is 2.28. The van der Waals surface area contributed by atoms with Gasteiger partial charge in [-0.2, -0.15) is 12.7 Å². The Kier molecular flexibility index (Phi) is 4.69. The van der Waals surface area contributed by atoms with E-state index in [2.05, 4.69) is 4.74 Å². The lowest BCUT2D eigenvalue weighted by Crippen LogP contribution is -2.56. The van der Waals surface area contributed by atoms with Crippen LogP contribution in [0.25, 0.3) is 0 Å². The standard InChI is InChI=1S/C8H17N3O5S/c1-6-5-16-7(3-9)4-11(6)17(13,14)10-8(12)15-2/h6-7H,3-5,9H2,1-2H3,(H,10,12). The second-order valence-corrected chi connectivity index (χ2v) is 5.33. The van der Waals surface area contributed by atoms with E-state index in [1.807, 2.05) is 0 Å². The van der Waals surface area contributed by atoms with E-state index in [1.165, 1.54) is 0 Å². The van der Waals surface area contributed by atoms with Gasteiger partial charge in [-0.3, -0.25) is 0 Å². The number of methoxy groups -OCH3 is 1. The van der Waals surface area contributed by atoms with Gasteiger partial charge in [0.05, 0.1) is 19.8 Å². The van der Waals surface area contributed by atoms with Crippen LogP contribution >= 0.6 is 0 Å². The molecule has 1 amide bonds. The fraction of sp³-hybridized carbons (Fsp3) is 0.875. The quantitative estimate of drug-likeness (QED) is 0.653. The molecule has 17 heavy (non-hydrogen) atoms. The van der Waals surface area contributed by atoms with Crippen LogP contribution in [0.1, 0.15) is 6.92 Å². The summed E-state index contributed by atoms with van der Waals surface area (Å²) in [5.74, 6) is 0. The predicted octanol–water partition coefficient (Wildman–Crippen LogP) is -1.36. The van der Waals surface area contributed by atoms with E-state index >= 15 is 0 Å². The maximum Gasteiger partial charge on any atom is 0.421 e. The van der Waals surface area contributed by atoms with Crippen molar-refractivity contribution in [2.45, 2.75) is 19.1 Å². The zero-order valence-corrected chi connectivity index (χ0v) is 10.6. The first kappa shape index (κ1) is 14.2. The summed E-state index contributed by atoms with van der Waals surface area (Å²) in [4.78, 5) is 10.9. The van der Waals surface area contributed by atoms with E-state index in [-0.39, 0.29) is 31.8 Å². The predicted molar refractivity (Wildman–Crippen MR) is 59.4 cm³/mol. The molecular weight excluding hydrogens is 250 g/mol. The summed E-state index contributed by atoms with van der Waals surface area (Å²) in [7, 11) is -2.82. The molecule has 1 aliphatic heterocycles. The number of ether oxygens (including phenoxy) is 2. The van der Waals surface area contributed by atoms with Crippen LogP contribution in [0.2, 0.25) is 0 Å². The van der Waals surface area contributed by atoms with Crippen LogP contribution in [0.4, 0.5) is 4.79 Å². The Morgan fingerprint density at radius 1 is 1.65 bits per heavy atom. The maximum atomic E-state index is 11.8. The highest BCUT2D eigenvalue weighted by Crippen LogP contribution is 2.14. The van der Waals surface area contributed by atoms with E-state index in [4.69, 9.17) is 10.5 Å². The molecule has 100 valence electrons. The molecule has 2 atom stereocenters. The van der Waals surface area contributed by atoms with Gasteiger partial charge in [-0.25, -0.2) is 9.52 Å². The molecule has 0 aromatic rings. The fourth-order valence-corrected chi connectivity index (χ4v) is 2.78. The maximum absolute atomic E-state index is 11.8. The van der Waals surface area contributed by atoms with Crippen LogP contribution in [0.3, 0.4) is 0 Å². The number of carbonyl (C=O) groups excluding carboxylic acids is 1. The number of hydrogen-bond donors (Lipinski definition) is 2. The average molecular weight is 267 g/mol. The van der Waals surface area contributed by atoms with Gasteiger partial charge in [-0.15, -0.1) is 0 Å². The largest absolute Gasteiger partial charge is 0.452 e. The molecule has 0 radical (unpaired) electrons. The first-order valence-electron chi connectivity index (χ1n) is 5.10. The van der Waals surface area contributed by atoms with Gasteiger partial charge < -0.3 is 15.2 Å². The summed E-state index contributed by atoms with van der Waals surface area (Å²) in [5, 5.41) is 0. The SMILES string of the molecule is COC(=O)NS(=O)(=O)N1CC(CN)OCC1C. The van der Waals surface area contributed by atoms with Gasteiger partial charge in [0.1, 0.15) is 0 Å². The molecule has 1 fully saturated rings. The summed E-state index contributed by atoms with van der Waals surface area (Å²) in [6, 6.07) is -0.361. The molecular formula is C8H17N3O5S. The Balaban J connectivity index is 2.77. The molecule has 0 bridgehead atoms. The third-order valence-electron chi connectivity index (χ3n) is 2.42. The van der Waals surface area contributed by atoms with Gasteiger partial charge in [-0.05, 0) is 6.92 Å². The van der Waals surface area contributed by atoms with E-state index in [1.54, 1.807) is 11.6 Å². The number of morpholine rings is 1. The molecule has 3 N–H and O–H groups in total. The van der Waals surface area contributed by atoms with Crippen LogP contribution < -0.4 is 10.5 Å². The Morgan fingerprint density at radius 3 is 2.82 bits per heavy atom. The minimum absolute atomic E-state index is 0.115. The minimum atomic E-state index is -3.91. The zero-order chi connectivity index (χ0) is 13.1. The molecule has 0 saturated carbocycles. The highest BCUT2D eigenvalue weighted by molar-refractivity contribution is 7.87. The Hall–Kier alpha value is -0.900. The molecule has 0 aromatic heterocycles. The normalized spacial score (nSPS) is 26.5. The molecule has 1 heterocycles. The fourth-order valence-electron chi connectivity index (χ4n) is 1.48. The minimum Gasteiger partial charge on any atom is -0.452 e. The summed E-state index contributed by atoms with van der Waals surface area (Å²) in [5.41, 5.74) is 5.42. The van der Waals surface area contributed by atoms with Gasteiger partial charge in [0.15, 0.2) is 0 Å².